The van der Waals surface area contributed by atoms with E-state index >= 15 is 0 Å². The number of carbonyl (C=O) groups excluding carboxylic acids is 1. The second kappa shape index (κ2) is 5.92. The Balaban J connectivity index is 1.79. The zero-order valence-corrected chi connectivity index (χ0v) is 11.6. The Morgan fingerprint density at radius 1 is 1.35 bits per heavy atom. The Hall–Kier alpha value is -2.07. The Kier molecular flexibility index (Phi) is 4.25. The van der Waals surface area contributed by atoms with Gasteiger partial charge in [0.2, 0.25) is 0 Å². The average Bonchev–Trinajstić information content (AvgIpc) is 2.77. The lowest BCUT2D eigenvalue weighted by Gasteiger charge is -2.10. The fourth-order valence-corrected chi connectivity index (χ4v) is 3.94. The normalized spacial score (nSPS) is 20.1. The summed E-state index contributed by atoms with van der Waals surface area (Å²) < 4.78 is 22.6. The molecule has 2 rings (SSSR count). The number of benzene rings is 1. The van der Waals surface area contributed by atoms with Crippen molar-refractivity contribution >= 4 is 21.6 Å². The van der Waals surface area contributed by atoms with Crippen molar-refractivity contribution in [2.45, 2.75) is 6.42 Å². The van der Waals surface area contributed by atoms with Crippen molar-refractivity contribution in [3.63, 3.8) is 0 Å². The van der Waals surface area contributed by atoms with Gasteiger partial charge in [-0.15, -0.1) is 0 Å². The van der Waals surface area contributed by atoms with E-state index in [0.717, 1.165) is 0 Å². The number of nitrogens with zero attached hydrogens (tertiary/aromatic N) is 1. The summed E-state index contributed by atoms with van der Waals surface area (Å²) in [6.45, 7) is 0.349. The average molecular weight is 293 g/mol. The van der Waals surface area contributed by atoms with Crippen LogP contribution in [0, 0.1) is 17.2 Å². The van der Waals surface area contributed by atoms with E-state index in [4.69, 9.17) is 5.26 Å². The Morgan fingerprint density at radius 2 is 2.05 bits per heavy atom. The summed E-state index contributed by atoms with van der Waals surface area (Å²) in [4.78, 5) is 11.6. The fraction of sp³-hybridized carbons (Fsp3) is 0.385. The molecule has 106 valence electrons. The molecular weight excluding hydrogens is 278 g/mol. The molecule has 1 heterocycles. The standard InChI is InChI=1S/C13H15N3O3S/c14-7-10-1-3-12(4-2-10)16-13(17)15-8-11-5-6-20(18,19)9-11/h1-4,11H,5-6,8-9H2,(H2,15,16,17). The first kappa shape index (κ1) is 14.3. The van der Waals surface area contributed by atoms with Crippen LogP contribution in [0.3, 0.4) is 0 Å². The van der Waals surface area contributed by atoms with Crippen LogP contribution in [-0.2, 0) is 9.84 Å². The molecule has 0 spiro atoms. The molecule has 0 bridgehead atoms. The summed E-state index contributed by atoms with van der Waals surface area (Å²) in [6.07, 6.45) is 0.597. The summed E-state index contributed by atoms with van der Waals surface area (Å²) in [6, 6.07) is 8.11. The third kappa shape index (κ3) is 3.96. The van der Waals surface area contributed by atoms with Gasteiger partial charge in [0.05, 0.1) is 23.1 Å². The molecule has 1 aliphatic rings. The third-order valence-corrected chi connectivity index (χ3v) is 4.99. The van der Waals surface area contributed by atoms with Crippen LogP contribution in [0.2, 0.25) is 0 Å². The number of hydrogen-bond donors (Lipinski definition) is 2. The van der Waals surface area contributed by atoms with Crippen molar-refractivity contribution in [1.82, 2.24) is 5.32 Å². The number of carbonyl (C=O) groups is 1. The van der Waals surface area contributed by atoms with Crippen LogP contribution in [0.15, 0.2) is 24.3 Å². The van der Waals surface area contributed by atoms with E-state index in [1.807, 2.05) is 6.07 Å². The molecule has 1 saturated heterocycles. The first-order chi connectivity index (χ1) is 9.48. The molecule has 20 heavy (non-hydrogen) atoms. The smallest absolute Gasteiger partial charge is 0.319 e. The SMILES string of the molecule is N#Cc1ccc(NC(=O)NCC2CCS(=O)(=O)C2)cc1. The number of nitriles is 1. The third-order valence-electron chi connectivity index (χ3n) is 3.15. The van der Waals surface area contributed by atoms with Gasteiger partial charge in [-0.05, 0) is 36.6 Å². The minimum atomic E-state index is -2.91. The van der Waals surface area contributed by atoms with Crippen LogP contribution in [0.5, 0.6) is 0 Å². The molecule has 1 aliphatic heterocycles. The highest BCUT2D eigenvalue weighted by Crippen LogP contribution is 2.17. The molecule has 2 N–H and O–H groups in total. The minimum Gasteiger partial charge on any atom is -0.338 e. The molecule has 0 saturated carbocycles. The number of urea groups is 1. The predicted molar refractivity (Wildman–Crippen MR) is 74.9 cm³/mol. The zero-order valence-electron chi connectivity index (χ0n) is 10.8. The van der Waals surface area contributed by atoms with E-state index in [1.54, 1.807) is 24.3 Å². The van der Waals surface area contributed by atoms with Gasteiger partial charge in [0.15, 0.2) is 9.84 Å². The second-order valence-corrected chi connectivity index (χ2v) is 7.02. The van der Waals surface area contributed by atoms with Gasteiger partial charge in [-0.3, -0.25) is 0 Å². The van der Waals surface area contributed by atoms with Gasteiger partial charge in [0, 0.05) is 12.2 Å². The molecule has 7 heteroatoms. The Bertz CT molecular complexity index is 632. The summed E-state index contributed by atoms with van der Waals surface area (Å²) >= 11 is 0. The highest BCUT2D eigenvalue weighted by Gasteiger charge is 2.27. The lowest BCUT2D eigenvalue weighted by molar-refractivity contribution is 0.250. The lowest BCUT2D eigenvalue weighted by Crippen LogP contribution is -2.33. The maximum atomic E-state index is 11.6. The zero-order chi connectivity index (χ0) is 14.6. The number of sulfone groups is 1. The van der Waals surface area contributed by atoms with Crippen molar-refractivity contribution in [3.05, 3.63) is 29.8 Å². The van der Waals surface area contributed by atoms with E-state index in [2.05, 4.69) is 10.6 Å². The van der Waals surface area contributed by atoms with Gasteiger partial charge in [-0.25, -0.2) is 13.2 Å². The quantitative estimate of drug-likeness (QED) is 0.872. The van der Waals surface area contributed by atoms with Crippen LogP contribution in [0.25, 0.3) is 0 Å². The second-order valence-electron chi connectivity index (χ2n) is 4.79. The highest BCUT2D eigenvalue weighted by atomic mass is 32.2. The number of amides is 2. The molecule has 0 aromatic heterocycles. The molecule has 1 aromatic rings. The molecule has 0 aliphatic carbocycles. The van der Waals surface area contributed by atoms with Crippen molar-refractivity contribution in [1.29, 1.82) is 5.26 Å². The molecule has 1 fully saturated rings. The van der Waals surface area contributed by atoms with E-state index in [1.165, 1.54) is 0 Å². The van der Waals surface area contributed by atoms with E-state index in [0.29, 0.717) is 24.2 Å². The Labute approximate surface area is 117 Å². The van der Waals surface area contributed by atoms with Gasteiger partial charge < -0.3 is 10.6 Å². The van der Waals surface area contributed by atoms with Crippen LogP contribution in [-0.4, -0.2) is 32.5 Å². The highest BCUT2D eigenvalue weighted by molar-refractivity contribution is 7.91. The Morgan fingerprint density at radius 3 is 2.60 bits per heavy atom. The maximum Gasteiger partial charge on any atom is 0.319 e. The number of anilines is 1. The summed E-state index contributed by atoms with van der Waals surface area (Å²) in [5, 5.41) is 13.9. The lowest BCUT2D eigenvalue weighted by atomic mass is 10.1. The van der Waals surface area contributed by atoms with Crippen molar-refractivity contribution in [2.75, 3.05) is 23.4 Å². The van der Waals surface area contributed by atoms with Crippen LogP contribution < -0.4 is 10.6 Å². The summed E-state index contributed by atoms with van der Waals surface area (Å²) in [7, 11) is -2.91. The monoisotopic (exact) mass is 293 g/mol. The van der Waals surface area contributed by atoms with E-state index in [-0.39, 0.29) is 23.5 Å². The molecule has 0 radical (unpaired) electrons. The van der Waals surface area contributed by atoms with Gasteiger partial charge in [0.1, 0.15) is 0 Å². The molecule has 1 unspecified atom stereocenters. The number of hydrogen-bond acceptors (Lipinski definition) is 4. The fourth-order valence-electron chi connectivity index (χ4n) is 2.07. The van der Waals surface area contributed by atoms with Gasteiger partial charge in [0.25, 0.3) is 0 Å². The van der Waals surface area contributed by atoms with Gasteiger partial charge in [-0.1, -0.05) is 0 Å². The number of rotatable bonds is 3. The van der Waals surface area contributed by atoms with Crippen molar-refractivity contribution < 1.29 is 13.2 Å². The number of nitrogens with one attached hydrogen (secondary N) is 2. The molecule has 1 aromatic carbocycles. The topological polar surface area (TPSA) is 99.1 Å². The summed E-state index contributed by atoms with van der Waals surface area (Å²) in [5.41, 5.74) is 1.10. The van der Waals surface area contributed by atoms with Crippen LogP contribution >= 0.6 is 0 Å². The summed E-state index contributed by atoms with van der Waals surface area (Å²) in [5.74, 6) is 0.340. The molecule has 6 nitrogen and oxygen atoms in total. The first-order valence-corrected chi connectivity index (χ1v) is 8.06. The molecule has 2 amide bonds. The van der Waals surface area contributed by atoms with Crippen LogP contribution in [0.4, 0.5) is 10.5 Å². The van der Waals surface area contributed by atoms with Gasteiger partial charge >= 0.3 is 6.03 Å². The van der Waals surface area contributed by atoms with Crippen molar-refractivity contribution in [2.24, 2.45) is 5.92 Å². The predicted octanol–water partition coefficient (Wildman–Crippen LogP) is 1.11. The van der Waals surface area contributed by atoms with E-state index in [9.17, 15) is 13.2 Å². The van der Waals surface area contributed by atoms with Crippen LogP contribution in [0.1, 0.15) is 12.0 Å². The molecule has 1 atom stereocenters. The maximum absolute atomic E-state index is 11.6. The minimum absolute atomic E-state index is 0.00767. The van der Waals surface area contributed by atoms with Crippen molar-refractivity contribution in [3.8, 4) is 6.07 Å². The van der Waals surface area contributed by atoms with E-state index < -0.39 is 9.84 Å². The largest absolute Gasteiger partial charge is 0.338 e. The molecular formula is C13H15N3O3S. The van der Waals surface area contributed by atoms with Gasteiger partial charge in [-0.2, -0.15) is 5.26 Å². The first-order valence-electron chi connectivity index (χ1n) is 6.24.